The van der Waals surface area contributed by atoms with Crippen molar-refractivity contribution >= 4 is 5.97 Å². The molecule has 1 rings (SSSR count). The molecule has 0 amide bonds. The Bertz CT molecular complexity index is 223. The maximum atomic E-state index is 10.8. The van der Waals surface area contributed by atoms with Gasteiger partial charge in [-0.15, -0.1) is 6.58 Å². The molecule has 1 aliphatic heterocycles. The zero-order valence-electron chi connectivity index (χ0n) is 8.29. The Hall–Kier alpha value is -0.830. The number of likely N-dealkylation sites (tertiary alicyclic amines) is 1. The van der Waals surface area contributed by atoms with E-state index in [2.05, 4.69) is 25.3 Å². The fourth-order valence-corrected chi connectivity index (χ4v) is 1.95. The Morgan fingerprint density at radius 3 is 2.77 bits per heavy atom. The van der Waals surface area contributed by atoms with Crippen molar-refractivity contribution in [2.75, 3.05) is 13.1 Å². The van der Waals surface area contributed by atoms with Crippen LogP contribution in [0.5, 0.6) is 0 Å². The average Bonchev–Trinajstić information content (AvgIpc) is 2.28. The van der Waals surface area contributed by atoms with E-state index in [1.165, 1.54) is 0 Å². The van der Waals surface area contributed by atoms with Gasteiger partial charge in [0, 0.05) is 18.6 Å². The maximum absolute atomic E-state index is 10.8. The highest BCUT2D eigenvalue weighted by atomic mass is 16.4. The van der Waals surface area contributed by atoms with E-state index in [0.29, 0.717) is 6.54 Å². The maximum Gasteiger partial charge on any atom is 0.307 e. The summed E-state index contributed by atoms with van der Waals surface area (Å²) < 4.78 is 0. The van der Waals surface area contributed by atoms with Crippen molar-refractivity contribution in [2.24, 2.45) is 5.92 Å². The quantitative estimate of drug-likeness (QED) is 0.671. The van der Waals surface area contributed by atoms with Crippen LogP contribution >= 0.6 is 0 Å². The Morgan fingerprint density at radius 2 is 2.38 bits per heavy atom. The van der Waals surface area contributed by atoms with Crippen molar-refractivity contribution in [2.45, 2.75) is 25.8 Å². The molecule has 0 aromatic heterocycles. The predicted octanol–water partition coefficient (Wildman–Crippen LogP) is 1.36. The molecule has 0 spiro atoms. The Labute approximate surface area is 79.0 Å². The number of rotatable bonds is 3. The highest BCUT2D eigenvalue weighted by Crippen LogP contribution is 2.32. The third-order valence-corrected chi connectivity index (χ3v) is 2.74. The van der Waals surface area contributed by atoms with Gasteiger partial charge in [-0.05, 0) is 20.3 Å². The number of carbonyl (C=O) groups is 1. The van der Waals surface area contributed by atoms with Crippen LogP contribution in [0.25, 0.3) is 0 Å². The van der Waals surface area contributed by atoms with Gasteiger partial charge in [-0.1, -0.05) is 6.08 Å². The monoisotopic (exact) mass is 183 g/mol. The number of carboxylic acid groups (broad SMARTS) is 1. The van der Waals surface area contributed by atoms with E-state index in [9.17, 15) is 4.79 Å². The molecular weight excluding hydrogens is 166 g/mol. The Balaban J connectivity index is 2.67. The second-order valence-corrected chi connectivity index (χ2v) is 4.25. The van der Waals surface area contributed by atoms with Gasteiger partial charge < -0.3 is 5.11 Å². The molecule has 0 radical (unpaired) electrons. The molecule has 0 aliphatic carbocycles. The molecule has 1 aliphatic rings. The van der Waals surface area contributed by atoms with Crippen molar-refractivity contribution in [3.63, 3.8) is 0 Å². The molecule has 3 heteroatoms. The van der Waals surface area contributed by atoms with Gasteiger partial charge in [0.2, 0.25) is 0 Å². The number of aliphatic carboxylic acids is 1. The van der Waals surface area contributed by atoms with Crippen LogP contribution in [0.1, 0.15) is 20.3 Å². The lowest BCUT2D eigenvalue weighted by molar-refractivity contribution is -0.141. The van der Waals surface area contributed by atoms with Crippen molar-refractivity contribution in [3.05, 3.63) is 12.7 Å². The van der Waals surface area contributed by atoms with Crippen LogP contribution in [0.2, 0.25) is 0 Å². The topological polar surface area (TPSA) is 40.5 Å². The van der Waals surface area contributed by atoms with Crippen molar-refractivity contribution in [1.82, 2.24) is 4.90 Å². The summed E-state index contributed by atoms with van der Waals surface area (Å²) >= 11 is 0. The van der Waals surface area contributed by atoms with Gasteiger partial charge in [-0.25, -0.2) is 0 Å². The molecule has 1 saturated heterocycles. The van der Waals surface area contributed by atoms with E-state index in [-0.39, 0.29) is 11.5 Å². The number of hydrogen-bond acceptors (Lipinski definition) is 2. The summed E-state index contributed by atoms with van der Waals surface area (Å²) in [6.45, 7) is 9.26. The van der Waals surface area contributed by atoms with Gasteiger partial charge >= 0.3 is 5.97 Å². The van der Waals surface area contributed by atoms with Crippen LogP contribution in [0, 0.1) is 5.92 Å². The normalized spacial score (nSPS) is 27.4. The molecule has 0 aromatic rings. The smallest absolute Gasteiger partial charge is 0.307 e. The molecule has 0 bridgehead atoms. The van der Waals surface area contributed by atoms with Crippen LogP contribution in [0.4, 0.5) is 0 Å². The molecule has 3 nitrogen and oxygen atoms in total. The van der Waals surface area contributed by atoms with Crippen LogP contribution in [0.3, 0.4) is 0 Å². The standard InChI is InChI=1S/C10H17NO2/c1-4-5-11-7-8(9(12)13)6-10(11,2)3/h4,8H,1,5-7H2,2-3H3,(H,12,13). The van der Waals surface area contributed by atoms with Gasteiger partial charge in [-0.3, -0.25) is 9.69 Å². The number of carboxylic acids is 1. The van der Waals surface area contributed by atoms with E-state index in [4.69, 9.17) is 5.11 Å². The average molecular weight is 183 g/mol. The minimum Gasteiger partial charge on any atom is -0.481 e. The van der Waals surface area contributed by atoms with Crippen LogP contribution in [-0.2, 0) is 4.79 Å². The third-order valence-electron chi connectivity index (χ3n) is 2.74. The van der Waals surface area contributed by atoms with Gasteiger partial charge in [0.25, 0.3) is 0 Å². The summed E-state index contributed by atoms with van der Waals surface area (Å²) in [5, 5.41) is 8.88. The Morgan fingerprint density at radius 1 is 1.77 bits per heavy atom. The van der Waals surface area contributed by atoms with E-state index >= 15 is 0 Å². The molecule has 1 heterocycles. The molecule has 1 fully saturated rings. The van der Waals surface area contributed by atoms with Gasteiger partial charge in [0.1, 0.15) is 0 Å². The van der Waals surface area contributed by atoms with Crippen LogP contribution < -0.4 is 0 Å². The molecule has 13 heavy (non-hydrogen) atoms. The fraction of sp³-hybridized carbons (Fsp3) is 0.700. The summed E-state index contributed by atoms with van der Waals surface area (Å²) in [5.74, 6) is -0.894. The largest absolute Gasteiger partial charge is 0.481 e. The van der Waals surface area contributed by atoms with Crippen LogP contribution in [-0.4, -0.2) is 34.6 Å². The molecule has 1 unspecified atom stereocenters. The predicted molar refractivity (Wildman–Crippen MR) is 51.6 cm³/mol. The van der Waals surface area contributed by atoms with Gasteiger partial charge in [0.15, 0.2) is 0 Å². The summed E-state index contributed by atoms with van der Waals surface area (Å²) in [4.78, 5) is 13.0. The lowest BCUT2D eigenvalue weighted by Crippen LogP contribution is -2.38. The second kappa shape index (κ2) is 3.50. The first-order valence-corrected chi connectivity index (χ1v) is 4.56. The minimum atomic E-state index is -0.681. The summed E-state index contributed by atoms with van der Waals surface area (Å²) in [5.41, 5.74) is -0.00273. The van der Waals surface area contributed by atoms with Gasteiger partial charge in [-0.2, -0.15) is 0 Å². The van der Waals surface area contributed by atoms with E-state index in [1.54, 1.807) is 0 Å². The summed E-state index contributed by atoms with van der Waals surface area (Å²) in [7, 11) is 0. The first-order chi connectivity index (χ1) is 5.97. The first-order valence-electron chi connectivity index (χ1n) is 4.56. The van der Waals surface area contributed by atoms with Crippen LogP contribution in [0.15, 0.2) is 12.7 Å². The zero-order valence-corrected chi connectivity index (χ0v) is 8.29. The van der Waals surface area contributed by atoms with Crippen molar-refractivity contribution < 1.29 is 9.90 Å². The number of nitrogens with zero attached hydrogens (tertiary/aromatic N) is 1. The Kier molecular flexibility index (Phi) is 2.76. The fourth-order valence-electron chi connectivity index (χ4n) is 1.95. The SMILES string of the molecule is C=CCN1CC(C(=O)O)CC1(C)C. The summed E-state index contributed by atoms with van der Waals surface area (Å²) in [6, 6.07) is 0. The van der Waals surface area contributed by atoms with Crippen molar-refractivity contribution in [3.8, 4) is 0 Å². The molecular formula is C10H17NO2. The highest BCUT2D eigenvalue weighted by Gasteiger charge is 2.40. The third kappa shape index (κ3) is 2.10. The van der Waals surface area contributed by atoms with E-state index in [0.717, 1.165) is 13.0 Å². The lowest BCUT2D eigenvalue weighted by Gasteiger charge is -2.29. The molecule has 1 atom stereocenters. The van der Waals surface area contributed by atoms with E-state index < -0.39 is 5.97 Å². The van der Waals surface area contributed by atoms with Crippen molar-refractivity contribution in [1.29, 1.82) is 0 Å². The molecule has 0 saturated carbocycles. The second-order valence-electron chi connectivity index (χ2n) is 4.25. The minimum absolute atomic E-state index is 0.00273. The van der Waals surface area contributed by atoms with Gasteiger partial charge in [0.05, 0.1) is 5.92 Å². The molecule has 1 N–H and O–H groups in total. The number of hydrogen-bond donors (Lipinski definition) is 1. The lowest BCUT2D eigenvalue weighted by atomic mass is 9.96. The zero-order chi connectivity index (χ0) is 10.1. The first kappa shape index (κ1) is 10.3. The van der Waals surface area contributed by atoms with E-state index in [1.807, 2.05) is 6.08 Å². The summed E-state index contributed by atoms with van der Waals surface area (Å²) in [6.07, 6.45) is 2.56. The highest BCUT2D eigenvalue weighted by molar-refractivity contribution is 5.71. The molecule has 74 valence electrons. The molecule has 0 aromatic carbocycles.